The van der Waals surface area contributed by atoms with Crippen LogP contribution < -0.4 is 10.1 Å². The van der Waals surface area contributed by atoms with Gasteiger partial charge in [-0.1, -0.05) is 5.16 Å². The summed E-state index contributed by atoms with van der Waals surface area (Å²) < 4.78 is 10.4. The lowest BCUT2D eigenvalue weighted by atomic mass is 10.2. The molecule has 128 valence electrons. The van der Waals surface area contributed by atoms with Crippen molar-refractivity contribution in [1.29, 1.82) is 0 Å². The third kappa shape index (κ3) is 3.94. The second-order valence-corrected chi connectivity index (χ2v) is 5.31. The number of nitrogens with one attached hydrogen (secondary N) is 1. The van der Waals surface area contributed by atoms with Crippen molar-refractivity contribution in [3.63, 3.8) is 0 Å². The summed E-state index contributed by atoms with van der Waals surface area (Å²) in [5, 5.41) is 6.27. The molecular formula is C16H16N6O3. The average molecular weight is 340 g/mol. The van der Waals surface area contributed by atoms with Crippen LogP contribution in [0.3, 0.4) is 0 Å². The molecule has 1 amide bonds. The van der Waals surface area contributed by atoms with Crippen LogP contribution in [0.5, 0.6) is 5.88 Å². The molecule has 9 heteroatoms. The van der Waals surface area contributed by atoms with E-state index in [0.717, 1.165) is 11.3 Å². The minimum atomic E-state index is -0.370. The van der Waals surface area contributed by atoms with Gasteiger partial charge in [0.25, 0.3) is 5.91 Å². The maximum atomic E-state index is 12.0. The highest BCUT2D eigenvalue weighted by atomic mass is 16.5. The Morgan fingerprint density at radius 1 is 1.24 bits per heavy atom. The van der Waals surface area contributed by atoms with E-state index >= 15 is 0 Å². The molecule has 0 atom stereocenters. The Balaban J connectivity index is 1.73. The van der Waals surface area contributed by atoms with Gasteiger partial charge in [-0.3, -0.25) is 9.78 Å². The highest BCUT2D eigenvalue weighted by Crippen LogP contribution is 2.21. The highest BCUT2D eigenvalue weighted by molar-refractivity contribution is 5.90. The third-order valence-corrected chi connectivity index (χ3v) is 3.37. The number of anilines is 1. The summed E-state index contributed by atoms with van der Waals surface area (Å²) in [6, 6.07) is 1.62. The fourth-order valence-electron chi connectivity index (χ4n) is 2.01. The lowest BCUT2D eigenvalue weighted by molar-refractivity contribution is -0.118. The van der Waals surface area contributed by atoms with Gasteiger partial charge in [-0.15, -0.1) is 0 Å². The maximum absolute atomic E-state index is 12.0. The van der Waals surface area contributed by atoms with E-state index in [4.69, 9.17) is 9.26 Å². The van der Waals surface area contributed by atoms with Gasteiger partial charge in [0.1, 0.15) is 11.5 Å². The van der Waals surface area contributed by atoms with Gasteiger partial charge < -0.3 is 14.6 Å². The quantitative estimate of drug-likeness (QED) is 0.748. The largest absolute Gasteiger partial charge is 0.467 e. The highest BCUT2D eigenvalue weighted by Gasteiger charge is 2.14. The van der Waals surface area contributed by atoms with Crippen molar-refractivity contribution in [2.45, 2.75) is 20.8 Å². The first-order valence-corrected chi connectivity index (χ1v) is 7.50. The summed E-state index contributed by atoms with van der Waals surface area (Å²) in [4.78, 5) is 28.9. The predicted octanol–water partition coefficient (Wildman–Crippen LogP) is 1.86. The van der Waals surface area contributed by atoms with Crippen LogP contribution in [0.4, 0.5) is 5.82 Å². The molecule has 3 aromatic rings. The van der Waals surface area contributed by atoms with Crippen LogP contribution in [0, 0.1) is 20.8 Å². The summed E-state index contributed by atoms with van der Waals surface area (Å²) in [6.07, 6.45) is 4.69. The summed E-state index contributed by atoms with van der Waals surface area (Å²) in [6.45, 7) is 5.18. The molecule has 0 radical (unpaired) electrons. The second kappa shape index (κ2) is 7.04. The fourth-order valence-corrected chi connectivity index (χ4v) is 2.01. The molecule has 0 saturated carbocycles. The number of hydrogen-bond donors (Lipinski definition) is 1. The fraction of sp³-hybridized carbons (Fsp3) is 0.250. The van der Waals surface area contributed by atoms with E-state index in [1.54, 1.807) is 31.6 Å². The van der Waals surface area contributed by atoms with E-state index in [1.165, 1.54) is 0 Å². The summed E-state index contributed by atoms with van der Waals surface area (Å²) in [5.74, 6) is 1.28. The van der Waals surface area contributed by atoms with Crippen LogP contribution in [0.2, 0.25) is 0 Å². The molecule has 0 aliphatic heterocycles. The lowest BCUT2D eigenvalue weighted by Crippen LogP contribution is -2.21. The molecule has 0 unspecified atom stereocenters. The van der Waals surface area contributed by atoms with Crippen LogP contribution >= 0.6 is 0 Å². The number of aromatic nitrogens is 5. The first-order valence-electron chi connectivity index (χ1n) is 7.50. The number of rotatable bonds is 5. The number of carbonyl (C=O) groups is 1. The molecule has 0 bridgehead atoms. The molecule has 0 saturated heterocycles. The predicted molar refractivity (Wildman–Crippen MR) is 87.9 cm³/mol. The molecule has 0 aliphatic rings. The van der Waals surface area contributed by atoms with Crippen molar-refractivity contribution in [3.8, 4) is 17.4 Å². The SMILES string of the molecule is Cc1cc(NC(=O)COc2nc(-c3cnccn3)nc(C)c2C)no1. The van der Waals surface area contributed by atoms with Crippen LogP contribution in [0.1, 0.15) is 17.0 Å². The van der Waals surface area contributed by atoms with Crippen LogP contribution in [-0.4, -0.2) is 37.6 Å². The van der Waals surface area contributed by atoms with Gasteiger partial charge in [0.05, 0.1) is 6.20 Å². The van der Waals surface area contributed by atoms with Crippen molar-refractivity contribution in [3.05, 3.63) is 41.7 Å². The first-order chi connectivity index (χ1) is 12.0. The van der Waals surface area contributed by atoms with E-state index in [2.05, 4.69) is 30.4 Å². The molecular weight excluding hydrogens is 324 g/mol. The monoisotopic (exact) mass is 340 g/mol. The zero-order valence-electron chi connectivity index (χ0n) is 14.0. The lowest BCUT2D eigenvalue weighted by Gasteiger charge is -2.11. The maximum Gasteiger partial charge on any atom is 0.263 e. The Hall–Kier alpha value is -3.36. The summed E-state index contributed by atoms with van der Waals surface area (Å²) >= 11 is 0. The average Bonchev–Trinajstić information content (AvgIpc) is 3.01. The van der Waals surface area contributed by atoms with Crippen LogP contribution in [-0.2, 0) is 4.79 Å². The van der Waals surface area contributed by atoms with Gasteiger partial charge >= 0.3 is 0 Å². The molecule has 25 heavy (non-hydrogen) atoms. The molecule has 1 N–H and O–H groups in total. The number of amides is 1. The number of carbonyl (C=O) groups excluding carboxylic acids is 1. The molecule has 0 spiro atoms. The van der Waals surface area contributed by atoms with Gasteiger partial charge in [-0.05, 0) is 20.8 Å². The number of hydrogen-bond acceptors (Lipinski definition) is 8. The number of ether oxygens (including phenoxy) is 1. The minimum Gasteiger partial charge on any atom is -0.467 e. The van der Waals surface area contributed by atoms with Crippen LogP contribution in [0.25, 0.3) is 11.5 Å². The zero-order chi connectivity index (χ0) is 17.8. The molecule has 3 rings (SSSR count). The van der Waals surface area contributed by atoms with Crippen molar-refractivity contribution in [1.82, 2.24) is 25.1 Å². The Kier molecular flexibility index (Phi) is 4.64. The van der Waals surface area contributed by atoms with Gasteiger partial charge in [-0.25, -0.2) is 9.97 Å². The van der Waals surface area contributed by atoms with E-state index in [1.807, 2.05) is 13.8 Å². The van der Waals surface area contributed by atoms with Crippen LogP contribution in [0.15, 0.2) is 29.2 Å². The van der Waals surface area contributed by atoms with E-state index in [9.17, 15) is 4.79 Å². The molecule has 3 aromatic heterocycles. The molecule has 0 aromatic carbocycles. The molecule has 0 fully saturated rings. The van der Waals surface area contributed by atoms with Gasteiger partial charge in [0.15, 0.2) is 18.2 Å². The van der Waals surface area contributed by atoms with E-state index < -0.39 is 0 Å². The van der Waals surface area contributed by atoms with E-state index in [0.29, 0.717) is 29.0 Å². The topological polar surface area (TPSA) is 116 Å². The molecule has 3 heterocycles. The van der Waals surface area contributed by atoms with Crippen molar-refractivity contribution in [2.75, 3.05) is 11.9 Å². The normalized spacial score (nSPS) is 10.5. The van der Waals surface area contributed by atoms with E-state index in [-0.39, 0.29) is 12.5 Å². The Morgan fingerprint density at radius 3 is 2.76 bits per heavy atom. The summed E-state index contributed by atoms with van der Waals surface area (Å²) in [7, 11) is 0. The Bertz CT molecular complexity index is 894. The smallest absolute Gasteiger partial charge is 0.263 e. The van der Waals surface area contributed by atoms with Gasteiger partial charge in [-0.2, -0.15) is 4.98 Å². The molecule has 0 aliphatic carbocycles. The first kappa shape index (κ1) is 16.5. The minimum absolute atomic E-state index is 0.219. The standard InChI is InChI=1S/C16H16N6O3/c1-9-6-13(22-25-9)20-14(23)8-24-16-10(2)11(3)19-15(21-16)12-7-17-4-5-18-12/h4-7H,8H2,1-3H3,(H,20,22,23). The Labute approximate surface area is 143 Å². The van der Waals surface area contributed by atoms with Gasteiger partial charge in [0.2, 0.25) is 5.88 Å². The zero-order valence-corrected chi connectivity index (χ0v) is 14.0. The summed E-state index contributed by atoms with van der Waals surface area (Å²) in [5.41, 5.74) is 2.01. The van der Waals surface area contributed by atoms with Crippen molar-refractivity contribution < 1.29 is 14.1 Å². The van der Waals surface area contributed by atoms with Crippen molar-refractivity contribution >= 4 is 11.7 Å². The van der Waals surface area contributed by atoms with Crippen molar-refractivity contribution in [2.24, 2.45) is 0 Å². The third-order valence-electron chi connectivity index (χ3n) is 3.37. The second-order valence-electron chi connectivity index (χ2n) is 5.31. The number of nitrogens with zero attached hydrogens (tertiary/aromatic N) is 5. The van der Waals surface area contributed by atoms with Gasteiger partial charge in [0, 0.05) is 29.7 Å². The Morgan fingerprint density at radius 2 is 2.08 bits per heavy atom. The molecule has 9 nitrogen and oxygen atoms in total. The number of aryl methyl sites for hydroxylation is 2.